The second-order valence-electron chi connectivity index (χ2n) is 7.46. The van der Waals surface area contributed by atoms with Crippen molar-refractivity contribution in [2.45, 2.75) is 38.6 Å². The fourth-order valence-corrected chi connectivity index (χ4v) is 2.61. The summed E-state index contributed by atoms with van der Waals surface area (Å²) in [6, 6.07) is 12.4. The van der Waals surface area contributed by atoms with Crippen LogP contribution in [0.25, 0.3) is 0 Å². The Morgan fingerprint density at radius 2 is 1.48 bits per heavy atom. The predicted molar refractivity (Wildman–Crippen MR) is 103 cm³/mol. The highest BCUT2D eigenvalue weighted by Crippen LogP contribution is 2.22. The summed E-state index contributed by atoms with van der Waals surface area (Å²) in [6.07, 6.45) is 0.182. The Hall–Kier alpha value is -3.15. The van der Waals surface area contributed by atoms with E-state index in [9.17, 15) is 14.4 Å². The molecule has 2 aromatic carbocycles. The van der Waals surface area contributed by atoms with E-state index in [2.05, 4.69) is 26.1 Å². The third kappa shape index (κ3) is 5.41. The van der Waals surface area contributed by atoms with Crippen molar-refractivity contribution < 1.29 is 19.5 Å². The number of nitrogens with two attached hydrogens (primary N) is 1. The molecule has 142 valence electrons. The standard InChI is InChI=1S/C21H24N2O4/c1-21(2,3)16-10-8-14(9-11-16)19(25)23-17(18(22)24)12-13-4-6-15(7-5-13)20(26)27/h4-11,17H,12H2,1-3H3,(H2,22,24)(H,23,25)(H,26,27)/t17-/m1/s1. The number of carbonyl (C=O) groups is 3. The minimum Gasteiger partial charge on any atom is -0.478 e. The SMILES string of the molecule is CC(C)(C)c1ccc(C(=O)N[C@H](Cc2ccc(C(=O)O)cc2)C(N)=O)cc1. The molecular weight excluding hydrogens is 344 g/mol. The lowest BCUT2D eigenvalue weighted by Crippen LogP contribution is -2.45. The summed E-state index contributed by atoms with van der Waals surface area (Å²) in [5, 5.41) is 11.6. The zero-order chi connectivity index (χ0) is 20.2. The Balaban J connectivity index is 2.10. The molecule has 1 atom stereocenters. The molecule has 2 rings (SSSR count). The molecular formula is C21H24N2O4. The molecule has 27 heavy (non-hydrogen) atoms. The van der Waals surface area contributed by atoms with Gasteiger partial charge in [-0.05, 0) is 40.8 Å². The van der Waals surface area contributed by atoms with Gasteiger partial charge in [-0.15, -0.1) is 0 Å². The van der Waals surface area contributed by atoms with E-state index in [0.717, 1.165) is 5.56 Å². The number of hydrogen-bond donors (Lipinski definition) is 3. The quantitative estimate of drug-likeness (QED) is 0.728. The van der Waals surface area contributed by atoms with Gasteiger partial charge in [0.1, 0.15) is 6.04 Å². The monoisotopic (exact) mass is 368 g/mol. The summed E-state index contributed by atoms with van der Waals surface area (Å²) in [6.45, 7) is 6.25. The van der Waals surface area contributed by atoms with Crippen molar-refractivity contribution in [3.8, 4) is 0 Å². The molecule has 2 aromatic rings. The van der Waals surface area contributed by atoms with E-state index in [4.69, 9.17) is 10.8 Å². The van der Waals surface area contributed by atoms with Gasteiger partial charge in [0.25, 0.3) is 5.91 Å². The molecule has 0 aliphatic rings. The van der Waals surface area contributed by atoms with Gasteiger partial charge in [-0.1, -0.05) is 45.0 Å². The maximum Gasteiger partial charge on any atom is 0.335 e. The van der Waals surface area contributed by atoms with Crippen molar-refractivity contribution in [1.82, 2.24) is 5.32 Å². The van der Waals surface area contributed by atoms with Crippen molar-refractivity contribution in [1.29, 1.82) is 0 Å². The molecule has 6 heteroatoms. The first-order valence-corrected chi connectivity index (χ1v) is 8.61. The topological polar surface area (TPSA) is 109 Å². The predicted octanol–water partition coefficient (Wildman–Crippen LogP) is 2.51. The van der Waals surface area contributed by atoms with Crippen LogP contribution >= 0.6 is 0 Å². The van der Waals surface area contributed by atoms with Gasteiger partial charge < -0.3 is 16.2 Å². The molecule has 0 saturated heterocycles. The van der Waals surface area contributed by atoms with Gasteiger partial charge in [-0.25, -0.2) is 4.79 Å². The van der Waals surface area contributed by atoms with Crippen LogP contribution in [0.5, 0.6) is 0 Å². The Morgan fingerprint density at radius 1 is 0.963 bits per heavy atom. The molecule has 2 amide bonds. The van der Waals surface area contributed by atoms with Crippen molar-refractivity contribution in [2.75, 3.05) is 0 Å². The summed E-state index contributed by atoms with van der Waals surface area (Å²) >= 11 is 0. The number of rotatable bonds is 6. The van der Waals surface area contributed by atoms with Crippen LogP contribution in [0.3, 0.4) is 0 Å². The van der Waals surface area contributed by atoms with E-state index >= 15 is 0 Å². The Morgan fingerprint density at radius 3 is 1.93 bits per heavy atom. The van der Waals surface area contributed by atoms with Gasteiger partial charge in [0, 0.05) is 12.0 Å². The van der Waals surface area contributed by atoms with Crippen LogP contribution < -0.4 is 11.1 Å². The molecule has 0 aliphatic heterocycles. The minimum atomic E-state index is -1.03. The molecule has 0 aliphatic carbocycles. The zero-order valence-electron chi connectivity index (χ0n) is 15.7. The molecule has 6 nitrogen and oxygen atoms in total. The number of carboxylic acids is 1. The molecule has 0 heterocycles. The first-order valence-electron chi connectivity index (χ1n) is 8.61. The first kappa shape index (κ1) is 20.2. The van der Waals surface area contributed by atoms with Crippen molar-refractivity contribution in [3.63, 3.8) is 0 Å². The molecule has 4 N–H and O–H groups in total. The van der Waals surface area contributed by atoms with Crippen molar-refractivity contribution in [3.05, 3.63) is 70.8 Å². The second kappa shape index (κ2) is 8.03. The van der Waals surface area contributed by atoms with Crippen LogP contribution in [0.2, 0.25) is 0 Å². The third-order valence-corrected chi connectivity index (χ3v) is 4.30. The molecule has 0 radical (unpaired) electrons. The first-order chi connectivity index (χ1) is 12.6. The number of benzene rings is 2. The highest BCUT2D eigenvalue weighted by atomic mass is 16.4. The normalized spacial score (nSPS) is 12.3. The van der Waals surface area contributed by atoms with E-state index in [-0.39, 0.29) is 23.3 Å². The van der Waals surface area contributed by atoms with E-state index in [1.807, 2.05) is 12.1 Å². The fourth-order valence-electron chi connectivity index (χ4n) is 2.61. The van der Waals surface area contributed by atoms with Crippen LogP contribution in [0, 0.1) is 0 Å². The maximum atomic E-state index is 12.5. The van der Waals surface area contributed by atoms with E-state index in [1.165, 1.54) is 12.1 Å². The number of carbonyl (C=O) groups excluding carboxylic acids is 2. The Kier molecular flexibility index (Phi) is 6.00. The highest BCUT2D eigenvalue weighted by Gasteiger charge is 2.20. The van der Waals surface area contributed by atoms with Crippen LogP contribution in [0.1, 0.15) is 52.6 Å². The molecule has 0 unspecified atom stereocenters. The third-order valence-electron chi connectivity index (χ3n) is 4.30. The summed E-state index contributed by atoms with van der Waals surface area (Å²) in [5.41, 5.74) is 7.79. The number of carboxylic acid groups (broad SMARTS) is 1. The van der Waals surface area contributed by atoms with Gasteiger partial charge in [0.2, 0.25) is 5.91 Å². The van der Waals surface area contributed by atoms with Gasteiger partial charge in [0.15, 0.2) is 0 Å². The van der Waals surface area contributed by atoms with Crippen molar-refractivity contribution in [2.24, 2.45) is 5.73 Å². The number of nitrogens with one attached hydrogen (secondary N) is 1. The van der Waals surface area contributed by atoms with Crippen LogP contribution in [-0.2, 0) is 16.6 Å². The average Bonchev–Trinajstić information content (AvgIpc) is 2.60. The average molecular weight is 368 g/mol. The number of hydrogen-bond acceptors (Lipinski definition) is 3. The number of primary amides is 1. The van der Waals surface area contributed by atoms with Crippen molar-refractivity contribution >= 4 is 17.8 Å². The molecule has 0 saturated carbocycles. The smallest absolute Gasteiger partial charge is 0.335 e. The number of amides is 2. The lowest BCUT2D eigenvalue weighted by Gasteiger charge is -2.19. The van der Waals surface area contributed by atoms with Gasteiger partial charge >= 0.3 is 5.97 Å². The summed E-state index contributed by atoms with van der Waals surface area (Å²) in [5.74, 6) is -2.07. The van der Waals surface area contributed by atoms with Crippen LogP contribution in [0.15, 0.2) is 48.5 Å². The summed E-state index contributed by atoms with van der Waals surface area (Å²) in [4.78, 5) is 35.1. The largest absolute Gasteiger partial charge is 0.478 e. The lowest BCUT2D eigenvalue weighted by molar-refractivity contribution is -0.119. The second-order valence-corrected chi connectivity index (χ2v) is 7.46. The fraction of sp³-hybridized carbons (Fsp3) is 0.286. The molecule has 0 spiro atoms. The Labute approximate surface area is 158 Å². The van der Waals surface area contributed by atoms with Gasteiger partial charge in [-0.2, -0.15) is 0 Å². The highest BCUT2D eigenvalue weighted by molar-refractivity contribution is 5.97. The van der Waals surface area contributed by atoms with E-state index in [1.54, 1.807) is 24.3 Å². The summed E-state index contributed by atoms with van der Waals surface area (Å²) < 4.78 is 0. The summed E-state index contributed by atoms with van der Waals surface area (Å²) in [7, 11) is 0. The maximum absolute atomic E-state index is 12.5. The number of aromatic carboxylic acids is 1. The van der Waals surface area contributed by atoms with E-state index in [0.29, 0.717) is 11.1 Å². The molecule has 0 fully saturated rings. The van der Waals surface area contributed by atoms with E-state index < -0.39 is 17.9 Å². The Bertz CT molecular complexity index is 834. The van der Waals surface area contributed by atoms with Crippen LogP contribution in [0.4, 0.5) is 0 Å². The lowest BCUT2D eigenvalue weighted by atomic mass is 9.86. The minimum absolute atomic E-state index is 0.0210. The van der Waals surface area contributed by atoms with Gasteiger partial charge in [-0.3, -0.25) is 9.59 Å². The molecule has 0 aromatic heterocycles. The van der Waals surface area contributed by atoms with Crippen LogP contribution in [-0.4, -0.2) is 28.9 Å². The zero-order valence-corrected chi connectivity index (χ0v) is 15.7. The molecule has 0 bridgehead atoms. The van der Waals surface area contributed by atoms with Gasteiger partial charge in [0.05, 0.1) is 5.56 Å².